The largest absolute Gasteiger partial charge is 0.313 e. The Hall–Kier alpha value is -0.890. The first-order valence-corrected chi connectivity index (χ1v) is 7.52. The number of hydrogen-bond donors (Lipinski definition) is 2. The van der Waals surface area contributed by atoms with Crippen LogP contribution in [0, 0.1) is 0 Å². The van der Waals surface area contributed by atoms with E-state index in [1.807, 2.05) is 13.0 Å². The number of aromatic nitrogens is 2. The lowest BCUT2D eigenvalue weighted by Crippen LogP contribution is -2.31. The fourth-order valence-corrected chi connectivity index (χ4v) is 3.10. The molecule has 19 heavy (non-hydrogen) atoms. The lowest BCUT2D eigenvalue weighted by atomic mass is 10.1. The summed E-state index contributed by atoms with van der Waals surface area (Å²) in [4.78, 5) is 0. The highest BCUT2D eigenvalue weighted by Gasteiger charge is 2.18. The van der Waals surface area contributed by atoms with E-state index in [1.165, 1.54) is 16.9 Å². The van der Waals surface area contributed by atoms with Crippen LogP contribution in [0.25, 0.3) is 0 Å². The fourth-order valence-electron chi connectivity index (χ4n) is 1.88. The van der Waals surface area contributed by atoms with Gasteiger partial charge < -0.3 is 5.32 Å². The van der Waals surface area contributed by atoms with Crippen LogP contribution in [-0.2, 0) is 16.6 Å². The molecule has 6 nitrogen and oxygen atoms in total. The summed E-state index contributed by atoms with van der Waals surface area (Å²) in [6.07, 6.45) is 4.42. The fraction of sp³-hybridized carbons (Fsp3) is 0.545. The monoisotopic (exact) mass is 306 g/mol. The summed E-state index contributed by atoms with van der Waals surface area (Å²) in [5, 5.41) is 7.38. The molecule has 0 aromatic carbocycles. The number of rotatable bonds is 5. The summed E-state index contributed by atoms with van der Waals surface area (Å²) in [5.74, 6) is 0. The van der Waals surface area contributed by atoms with Crippen LogP contribution in [0.15, 0.2) is 28.9 Å². The van der Waals surface area contributed by atoms with Crippen LogP contribution in [0.1, 0.15) is 13.3 Å². The lowest BCUT2D eigenvalue weighted by Gasteiger charge is -2.15. The van der Waals surface area contributed by atoms with E-state index in [4.69, 9.17) is 0 Å². The maximum Gasteiger partial charge on any atom is 0.258 e. The highest BCUT2D eigenvalue weighted by Crippen LogP contribution is 2.09. The molecular formula is C11H19ClN4O2S. The molecule has 1 aromatic rings. The summed E-state index contributed by atoms with van der Waals surface area (Å²) >= 11 is 0. The molecule has 0 fully saturated rings. The van der Waals surface area contributed by atoms with Crippen molar-refractivity contribution in [3.63, 3.8) is 0 Å². The molecule has 2 N–H and O–H groups in total. The summed E-state index contributed by atoms with van der Waals surface area (Å²) in [7, 11) is -3.47. The van der Waals surface area contributed by atoms with E-state index in [0.29, 0.717) is 13.1 Å². The van der Waals surface area contributed by atoms with E-state index in [2.05, 4.69) is 15.1 Å². The van der Waals surface area contributed by atoms with Crippen molar-refractivity contribution in [3.05, 3.63) is 23.9 Å². The van der Waals surface area contributed by atoms with Crippen molar-refractivity contribution in [2.45, 2.75) is 24.9 Å². The van der Waals surface area contributed by atoms with Crippen molar-refractivity contribution < 1.29 is 8.42 Å². The van der Waals surface area contributed by atoms with E-state index in [-0.39, 0.29) is 17.4 Å². The van der Waals surface area contributed by atoms with Crippen molar-refractivity contribution in [3.8, 4) is 0 Å². The molecule has 1 aliphatic heterocycles. The molecule has 0 radical (unpaired) electrons. The number of halogens is 1. The summed E-state index contributed by atoms with van der Waals surface area (Å²) < 4.78 is 28.3. The van der Waals surface area contributed by atoms with Crippen LogP contribution < -0.4 is 10.0 Å². The molecule has 2 rings (SSSR count). The van der Waals surface area contributed by atoms with Crippen LogP contribution in [0.2, 0.25) is 0 Å². The van der Waals surface area contributed by atoms with E-state index >= 15 is 0 Å². The molecule has 0 saturated carbocycles. The van der Waals surface area contributed by atoms with Gasteiger partial charge in [0.05, 0.1) is 6.20 Å². The average Bonchev–Trinajstić information content (AvgIpc) is 2.87. The maximum absolute atomic E-state index is 12.1. The second-order valence-corrected chi connectivity index (χ2v) is 5.84. The number of sulfonamides is 1. The molecule has 0 aliphatic carbocycles. The first kappa shape index (κ1) is 16.2. The Morgan fingerprint density at radius 1 is 1.53 bits per heavy atom. The molecule has 108 valence electrons. The summed E-state index contributed by atoms with van der Waals surface area (Å²) in [6.45, 7) is 4.49. The Balaban J connectivity index is 0.00000180. The topological polar surface area (TPSA) is 76.0 Å². The lowest BCUT2D eigenvalue weighted by molar-refractivity contribution is 0.545. The average molecular weight is 307 g/mol. The standard InChI is InChI=1S/C11H18N4O2S.ClH/c1-2-15-11(5-8-13-15)18(16,17)14-9-10-3-6-12-7-4-10;/h3,5,8,12,14H,2,4,6-7,9H2,1H3;1H. The predicted octanol–water partition coefficient (Wildman–Crippen LogP) is 0.523. The molecule has 1 aliphatic rings. The molecule has 1 aromatic heterocycles. The van der Waals surface area contributed by atoms with Gasteiger partial charge in [-0.3, -0.25) is 4.68 Å². The molecular weight excluding hydrogens is 288 g/mol. The third kappa shape index (κ3) is 4.04. The van der Waals surface area contributed by atoms with Crippen molar-refractivity contribution >= 4 is 22.4 Å². The number of nitrogens with one attached hydrogen (secondary N) is 2. The highest BCUT2D eigenvalue weighted by atomic mass is 35.5. The Morgan fingerprint density at radius 2 is 2.32 bits per heavy atom. The number of aryl methyl sites for hydroxylation is 1. The molecule has 0 bridgehead atoms. The van der Waals surface area contributed by atoms with Crippen molar-refractivity contribution in [1.29, 1.82) is 0 Å². The highest BCUT2D eigenvalue weighted by molar-refractivity contribution is 7.89. The van der Waals surface area contributed by atoms with Gasteiger partial charge in [-0.2, -0.15) is 5.10 Å². The third-order valence-corrected chi connectivity index (χ3v) is 4.32. The van der Waals surface area contributed by atoms with Gasteiger partial charge in [0.25, 0.3) is 10.0 Å². The predicted molar refractivity (Wildman–Crippen MR) is 75.9 cm³/mol. The minimum Gasteiger partial charge on any atom is -0.313 e. The van der Waals surface area contributed by atoms with E-state index in [9.17, 15) is 8.42 Å². The molecule has 0 saturated heterocycles. The Kier molecular flexibility index (Phi) is 5.99. The molecule has 2 heterocycles. The number of hydrogen-bond acceptors (Lipinski definition) is 4. The van der Waals surface area contributed by atoms with Crippen LogP contribution in [0.4, 0.5) is 0 Å². The van der Waals surface area contributed by atoms with Gasteiger partial charge in [0, 0.05) is 19.6 Å². The van der Waals surface area contributed by atoms with Crippen molar-refractivity contribution in [2.75, 3.05) is 19.6 Å². The van der Waals surface area contributed by atoms with E-state index < -0.39 is 10.0 Å². The SMILES string of the molecule is CCn1nccc1S(=O)(=O)NCC1=CCNCC1.Cl. The smallest absolute Gasteiger partial charge is 0.258 e. The van der Waals surface area contributed by atoms with Crippen molar-refractivity contribution in [1.82, 2.24) is 19.8 Å². The zero-order chi connectivity index (χ0) is 13.0. The number of nitrogens with zero attached hydrogens (tertiary/aromatic N) is 2. The van der Waals surface area contributed by atoms with Gasteiger partial charge in [-0.25, -0.2) is 13.1 Å². The zero-order valence-corrected chi connectivity index (χ0v) is 12.4. The summed E-state index contributed by atoms with van der Waals surface area (Å²) in [6, 6.07) is 1.52. The Bertz CT molecular complexity index is 539. The normalized spacial score (nSPS) is 15.7. The molecule has 8 heteroatoms. The minimum atomic E-state index is -3.47. The summed E-state index contributed by atoms with van der Waals surface area (Å²) in [5.41, 5.74) is 1.12. The van der Waals surface area contributed by atoms with E-state index in [1.54, 1.807) is 0 Å². The first-order valence-electron chi connectivity index (χ1n) is 6.03. The minimum absolute atomic E-state index is 0. The molecule has 0 amide bonds. The van der Waals surface area contributed by atoms with Gasteiger partial charge in [-0.1, -0.05) is 11.6 Å². The molecule has 0 atom stereocenters. The maximum atomic E-state index is 12.1. The third-order valence-electron chi connectivity index (χ3n) is 2.90. The van der Waals surface area contributed by atoms with Gasteiger partial charge in [0.15, 0.2) is 5.03 Å². The quantitative estimate of drug-likeness (QED) is 0.778. The van der Waals surface area contributed by atoms with Crippen molar-refractivity contribution in [2.24, 2.45) is 0 Å². The molecule has 0 spiro atoms. The molecule has 0 unspecified atom stereocenters. The van der Waals surface area contributed by atoms with Gasteiger partial charge in [0.2, 0.25) is 0 Å². The van der Waals surface area contributed by atoms with Gasteiger partial charge in [-0.05, 0) is 26.0 Å². The van der Waals surface area contributed by atoms with Gasteiger partial charge in [-0.15, -0.1) is 12.4 Å². The first-order chi connectivity index (χ1) is 8.63. The van der Waals surface area contributed by atoms with Gasteiger partial charge in [0.1, 0.15) is 0 Å². The van der Waals surface area contributed by atoms with Crippen LogP contribution in [-0.4, -0.2) is 37.8 Å². The van der Waals surface area contributed by atoms with Gasteiger partial charge >= 0.3 is 0 Å². The Labute approximate surface area is 119 Å². The van der Waals surface area contributed by atoms with Crippen LogP contribution >= 0.6 is 12.4 Å². The van der Waals surface area contributed by atoms with Crippen LogP contribution in [0.3, 0.4) is 0 Å². The Morgan fingerprint density at radius 3 is 2.95 bits per heavy atom. The van der Waals surface area contributed by atoms with E-state index in [0.717, 1.165) is 25.1 Å². The zero-order valence-electron chi connectivity index (χ0n) is 10.8. The van der Waals surface area contributed by atoms with Crippen LogP contribution in [0.5, 0.6) is 0 Å². The second-order valence-electron chi connectivity index (χ2n) is 4.13. The second kappa shape index (κ2) is 7.04.